The number of benzene rings is 2. The van der Waals surface area contributed by atoms with Crippen LogP contribution in [0, 0.1) is 0 Å². The Morgan fingerprint density at radius 2 is 1.84 bits per heavy atom. The SMILES string of the molecule is CN1N[C@H](N2CCC(=O)NC2=O)c2ccc(N3CC4CC(C3)N4Cc3cccc(S(=O)(=O)N4CC[C@H](N)[C@H](F)C4)c3)cc21. The average Bonchev–Trinajstić information content (AvgIpc) is 3.32. The Balaban J connectivity index is 1.01. The molecule has 0 saturated carbocycles. The van der Waals surface area contributed by atoms with Crippen molar-refractivity contribution >= 4 is 33.3 Å². The Bertz CT molecular complexity index is 1550. The lowest BCUT2D eigenvalue weighted by Gasteiger charge is -2.57. The molecule has 4 N–H and O–H groups in total. The van der Waals surface area contributed by atoms with Crippen LogP contribution in [0.15, 0.2) is 47.4 Å². The number of carbonyl (C=O) groups is 2. The second-order valence-electron chi connectivity index (χ2n) is 12.2. The molecule has 8 rings (SSSR count). The van der Waals surface area contributed by atoms with Crippen LogP contribution >= 0.6 is 0 Å². The van der Waals surface area contributed by atoms with Gasteiger partial charge in [-0.2, -0.15) is 4.31 Å². The van der Waals surface area contributed by atoms with Gasteiger partial charge in [-0.05, 0) is 42.7 Å². The molecule has 2 aromatic rings. The lowest BCUT2D eigenvalue weighted by Crippen LogP contribution is -2.68. The summed E-state index contributed by atoms with van der Waals surface area (Å²) in [7, 11) is -1.87. The number of urea groups is 1. The summed E-state index contributed by atoms with van der Waals surface area (Å²) in [4.78, 5) is 30.7. The summed E-state index contributed by atoms with van der Waals surface area (Å²) in [6, 6.07) is 13.0. The van der Waals surface area contributed by atoms with Crippen molar-refractivity contribution in [1.29, 1.82) is 0 Å². The maximum Gasteiger partial charge on any atom is 0.325 e. The number of halogens is 1. The summed E-state index contributed by atoms with van der Waals surface area (Å²) in [5, 5.41) is 4.33. The number of piperazine rings is 1. The number of nitrogens with one attached hydrogen (secondary N) is 2. The zero-order valence-electron chi connectivity index (χ0n) is 24.0. The van der Waals surface area contributed by atoms with Crippen molar-refractivity contribution in [3.05, 3.63) is 53.6 Å². The topological polar surface area (TPSA) is 135 Å². The molecule has 6 aliphatic heterocycles. The number of piperidine rings is 2. The highest BCUT2D eigenvalue weighted by atomic mass is 32.2. The van der Waals surface area contributed by atoms with E-state index in [0.717, 1.165) is 42.0 Å². The highest BCUT2D eigenvalue weighted by Crippen LogP contribution is 2.41. The predicted octanol–water partition coefficient (Wildman–Crippen LogP) is 1.10. The number of hydrogen-bond acceptors (Lipinski definition) is 9. The van der Waals surface area contributed by atoms with Crippen LogP contribution in [-0.4, -0.2) is 98.5 Å². The molecule has 2 unspecified atom stereocenters. The third kappa shape index (κ3) is 5.04. The quantitative estimate of drug-likeness (QED) is 0.439. The van der Waals surface area contributed by atoms with E-state index >= 15 is 0 Å². The molecule has 43 heavy (non-hydrogen) atoms. The van der Waals surface area contributed by atoms with E-state index in [9.17, 15) is 22.4 Å². The Labute approximate surface area is 250 Å². The van der Waals surface area contributed by atoms with E-state index in [2.05, 4.69) is 38.7 Å². The van der Waals surface area contributed by atoms with Gasteiger partial charge >= 0.3 is 6.03 Å². The molecule has 0 aliphatic carbocycles. The number of amides is 3. The Morgan fingerprint density at radius 1 is 1.05 bits per heavy atom. The fraction of sp³-hybridized carbons (Fsp3) is 0.517. The Kier molecular flexibility index (Phi) is 7.08. The molecule has 12 nitrogen and oxygen atoms in total. The number of nitrogens with zero attached hydrogens (tertiary/aromatic N) is 5. The number of anilines is 2. The van der Waals surface area contributed by atoms with E-state index in [4.69, 9.17) is 5.73 Å². The monoisotopic (exact) mass is 612 g/mol. The lowest BCUT2D eigenvalue weighted by atomic mass is 9.86. The van der Waals surface area contributed by atoms with E-state index in [1.54, 1.807) is 23.1 Å². The molecule has 2 aromatic carbocycles. The van der Waals surface area contributed by atoms with Crippen LogP contribution in [0.5, 0.6) is 0 Å². The molecule has 0 aromatic heterocycles. The minimum atomic E-state index is -3.79. The normalized spacial score (nSPS) is 29.8. The Morgan fingerprint density at radius 3 is 2.58 bits per heavy atom. The predicted molar refractivity (Wildman–Crippen MR) is 158 cm³/mol. The van der Waals surface area contributed by atoms with Crippen molar-refractivity contribution in [3.8, 4) is 0 Å². The highest BCUT2D eigenvalue weighted by molar-refractivity contribution is 7.89. The molecule has 0 radical (unpaired) electrons. The van der Waals surface area contributed by atoms with Crippen molar-refractivity contribution in [3.63, 3.8) is 0 Å². The number of hydrazine groups is 1. The fourth-order valence-corrected chi connectivity index (χ4v) is 8.60. The van der Waals surface area contributed by atoms with Crippen LogP contribution < -0.4 is 26.4 Å². The lowest BCUT2D eigenvalue weighted by molar-refractivity contribution is -0.121. The van der Waals surface area contributed by atoms with Crippen LogP contribution in [0.1, 0.15) is 36.6 Å². The largest absolute Gasteiger partial charge is 0.368 e. The second-order valence-corrected chi connectivity index (χ2v) is 14.2. The molecule has 3 amide bonds. The third-order valence-electron chi connectivity index (χ3n) is 9.55. The fourth-order valence-electron chi connectivity index (χ4n) is 7.07. The minimum absolute atomic E-state index is 0.197. The van der Waals surface area contributed by atoms with Crippen LogP contribution in [0.3, 0.4) is 0 Å². The van der Waals surface area contributed by atoms with Gasteiger partial charge < -0.3 is 20.5 Å². The van der Waals surface area contributed by atoms with E-state index in [0.29, 0.717) is 31.6 Å². The maximum atomic E-state index is 14.2. The standard InChI is InChI=1S/C29H37FN8O4S/c1-34-26-13-19(5-6-23(26)28(33-34)37-10-8-27(39)32-29(37)40)35-15-20-12-21(16-35)38(20)14-18-3-2-4-22(11-18)43(41,42)36-9-7-25(31)24(30)17-36/h2-6,11,13,20-21,24-25,28,33H,7-10,12,14-17,31H2,1H3,(H,32,39,40)/t20?,21?,24-,25+,28-/m1/s1. The van der Waals surface area contributed by atoms with Crippen LogP contribution in [-0.2, 0) is 21.4 Å². The Hall–Kier alpha value is -3.30. The summed E-state index contributed by atoms with van der Waals surface area (Å²) in [5.41, 5.74) is 13.1. The molecule has 5 fully saturated rings. The number of rotatable bonds is 6. The maximum absolute atomic E-state index is 14.2. The van der Waals surface area contributed by atoms with Crippen molar-refractivity contribution in [2.75, 3.05) is 49.7 Å². The number of carbonyl (C=O) groups excluding carboxylic acids is 2. The first kappa shape index (κ1) is 28.5. The van der Waals surface area contributed by atoms with Gasteiger partial charge in [0.05, 0.1) is 10.6 Å². The molecule has 2 bridgehead atoms. The van der Waals surface area contributed by atoms with Crippen molar-refractivity contribution in [1.82, 2.24) is 24.8 Å². The molecule has 230 valence electrons. The van der Waals surface area contributed by atoms with Gasteiger partial charge in [-0.25, -0.2) is 23.0 Å². The minimum Gasteiger partial charge on any atom is -0.368 e. The molecule has 6 aliphatic rings. The first-order valence-electron chi connectivity index (χ1n) is 14.8. The molecule has 5 saturated heterocycles. The highest BCUT2D eigenvalue weighted by Gasteiger charge is 2.45. The number of imide groups is 1. The second kappa shape index (κ2) is 10.7. The van der Waals surface area contributed by atoms with Gasteiger partial charge in [-0.1, -0.05) is 18.2 Å². The van der Waals surface area contributed by atoms with Crippen molar-refractivity contribution < 1.29 is 22.4 Å². The summed E-state index contributed by atoms with van der Waals surface area (Å²) in [6.45, 7) is 2.76. The van der Waals surface area contributed by atoms with E-state index in [-0.39, 0.29) is 42.5 Å². The van der Waals surface area contributed by atoms with E-state index in [1.807, 2.05) is 18.1 Å². The molecular weight excluding hydrogens is 575 g/mol. The number of sulfonamides is 1. The summed E-state index contributed by atoms with van der Waals surface area (Å²) in [6.07, 6.45) is -0.0119. The van der Waals surface area contributed by atoms with Gasteiger partial charge in [0, 0.05) is 82.1 Å². The van der Waals surface area contributed by atoms with Crippen LogP contribution in [0.4, 0.5) is 20.6 Å². The van der Waals surface area contributed by atoms with Gasteiger partial charge in [-0.15, -0.1) is 0 Å². The molecule has 5 atom stereocenters. The zero-order chi connectivity index (χ0) is 30.0. The van der Waals surface area contributed by atoms with Gasteiger partial charge in [0.1, 0.15) is 12.3 Å². The molecule has 0 spiro atoms. The number of nitrogens with two attached hydrogens (primary N) is 1. The van der Waals surface area contributed by atoms with Crippen LogP contribution in [0.2, 0.25) is 0 Å². The first-order valence-corrected chi connectivity index (χ1v) is 16.3. The van der Waals surface area contributed by atoms with Gasteiger partial charge in [-0.3, -0.25) is 15.0 Å². The van der Waals surface area contributed by atoms with Gasteiger partial charge in [0.25, 0.3) is 0 Å². The summed E-state index contributed by atoms with van der Waals surface area (Å²) >= 11 is 0. The first-order chi connectivity index (χ1) is 20.6. The third-order valence-corrected chi connectivity index (χ3v) is 11.4. The van der Waals surface area contributed by atoms with Crippen molar-refractivity contribution in [2.24, 2.45) is 5.73 Å². The van der Waals surface area contributed by atoms with E-state index < -0.39 is 22.2 Å². The summed E-state index contributed by atoms with van der Waals surface area (Å²) < 4.78 is 41.9. The number of hydrogen-bond donors (Lipinski definition) is 3. The number of fused-ring (bicyclic) bond motifs is 3. The van der Waals surface area contributed by atoms with Crippen molar-refractivity contribution in [2.45, 2.75) is 61.2 Å². The molecule has 14 heteroatoms. The van der Waals surface area contributed by atoms with Gasteiger partial charge in [0.15, 0.2) is 0 Å². The molecule has 6 heterocycles. The smallest absolute Gasteiger partial charge is 0.325 e. The van der Waals surface area contributed by atoms with E-state index in [1.165, 1.54) is 4.31 Å². The summed E-state index contributed by atoms with van der Waals surface area (Å²) in [5.74, 6) is -0.252. The van der Waals surface area contributed by atoms with Crippen LogP contribution in [0.25, 0.3) is 0 Å². The molecular formula is C29H37FN8O4S. The zero-order valence-corrected chi connectivity index (χ0v) is 24.8. The van der Waals surface area contributed by atoms with Gasteiger partial charge in [0.2, 0.25) is 15.9 Å². The number of alkyl halides is 1. The average molecular weight is 613 g/mol.